The molecule has 0 atom stereocenters. The van der Waals surface area contributed by atoms with Crippen molar-refractivity contribution in [1.29, 1.82) is 0 Å². The minimum Gasteiger partial charge on any atom is -0.478 e. The normalized spacial score (nSPS) is 10.2. The van der Waals surface area contributed by atoms with E-state index in [2.05, 4.69) is 29.2 Å². The molecule has 0 bridgehead atoms. The van der Waals surface area contributed by atoms with E-state index in [-0.39, 0.29) is 17.8 Å². The Kier molecular flexibility index (Phi) is 8.01. The second-order valence-electron chi connectivity index (χ2n) is 5.08. The Balaban J connectivity index is 2.23. The van der Waals surface area contributed by atoms with Gasteiger partial charge >= 0.3 is 5.97 Å². The Morgan fingerprint density at radius 3 is 2.05 bits per heavy atom. The van der Waals surface area contributed by atoms with Crippen LogP contribution in [0.1, 0.15) is 48.9 Å². The van der Waals surface area contributed by atoms with Gasteiger partial charge in [0.05, 0.1) is 0 Å². The van der Waals surface area contributed by atoms with Crippen LogP contribution < -0.4 is 0 Å². The summed E-state index contributed by atoms with van der Waals surface area (Å²) in [4.78, 5) is 34.3. The second-order valence-corrected chi connectivity index (χ2v) is 6.33. The maximum Gasteiger partial charge on any atom is 0.330 e. The van der Waals surface area contributed by atoms with E-state index in [1.165, 1.54) is 0 Å². The molecular formula is C17H19IO4. The number of carboxylic acids is 1. The van der Waals surface area contributed by atoms with E-state index in [0.29, 0.717) is 18.4 Å². The van der Waals surface area contributed by atoms with Gasteiger partial charge in [0.1, 0.15) is 0 Å². The van der Waals surface area contributed by atoms with Crippen LogP contribution in [0.3, 0.4) is 0 Å². The van der Waals surface area contributed by atoms with Crippen molar-refractivity contribution in [2.24, 2.45) is 0 Å². The molecule has 0 unspecified atom stereocenters. The van der Waals surface area contributed by atoms with Gasteiger partial charge in [-0.15, -0.1) is 0 Å². The Morgan fingerprint density at radius 1 is 0.955 bits per heavy atom. The van der Waals surface area contributed by atoms with Crippen LogP contribution >= 0.6 is 22.6 Å². The molecule has 0 fully saturated rings. The fourth-order valence-corrected chi connectivity index (χ4v) is 2.32. The number of Topliss-reactive ketones (excluding diaryl/α,β-unsaturated/α-hetero) is 2. The molecule has 118 valence electrons. The van der Waals surface area contributed by atoms with Crippen LogP contribution in [0, 0.1) is 3.57 Å². The first-order valence-electron chi connectivity index (χ1n) is 7.16. The zero-order chi connectivity index (χ0) is 16.5. The molecule has 1 aromatic carbocycles. The van der Waals surface area contributed by atoms with Crippen LogP contribution in [0.15, 0.2) is 36.4 Å². The molecular weight excluding hydrogens is 395 g/mol. The molecule has 0 radical (unpaired) electrons. The highest BCUT2D eigenvalue weighted by molar-refractivity contribution is 14.1. The van der Waals surface area contributed by atoms with Crippen LogP contribution in [0.5, 0.6) is 0 Å². The molecule has 22 heavy (non-hydrogen) atoms. The monoisotopic (exact) mass is 414 g/mol. The summed E-state index contributed by atoms with van der Waals surface area (Å²) in [5, 5.41) is 8.66. The van der Waals surface area contributed by atoms with E-state index in [9.17, 15) is 14.4 Å². The van der Waals surface area contributed by atoms with Crippen molar-refractivity contribution in [2.45, 2.75) is 38.5 Å². The number of rotatable bonds is 10. The van der Waals surface area contributed by atoms with Crippen molar-refractivity contribution >= 4 is 40.1 Å². The molecule has 0 saturated carbocycles. The van der Waals surface area contributed by atoms with Gasteiger partial charge in [-0.1, -0.05) is 19.4 Å². The maximum atomic E-state index is 11.9. The standard InChI is InChI=1S/C17H19IO4/c1-12(17(21)22)6-4-2-3-5-7-15(19)16(20)13-8-10-14(18)11-9-13/h8-11H,1-7H2,(H,21,22). The van der Waals surface area contributed by atoms with E-state index < -0.39 is 11.8 Å². The smallest absolute Gasteiger partial charge is 0.330 e. The van der Waals surface area contributed by atoms with Crippen LogP contribution in [0.25, 0.3) is 0 Å². The summed E-state index contributed by atoms with van der Waals surface area (Å²) in [6.45, 7) is 3.46. The average Bonchev–Trinajstić information content (AvgIpc) is 2.50. The van der Waals surface area contributed by atoms with Crippen LogP contribution in [0.4, 0.5) is 0 Å². The number of hydrogen-bond acceptors (Lipinski definition) is 3. The van der Waals surface area contributed by atoms with Crippen molar-refractivity contribution in [3.05, 3.63) is 45.6 Å². The van der Waals surface area contributed by atoms with E-state index >= 15 is 0 Å². The fraction of sp³-hybridized carbons (Fsp3) is 0.353. The predicted octanol–water partition coefficient (Wildman–Crippen LogP) is 4.02. The quantitative estimate of drug-likeness (QED) is 0.206. The molecule has 0 spiro atoms. The van der Waals surface area contributed by atoms with Gasteiger partial charge in [-0.25, -0.2) is 4.79 Å². The van der Waals surface area contributed by atoms with Crippen LogP contribution in [0.2, 0.25) is 0 Å². The summed E-state index contributed by atoms with van der Waals surface area (Å²) < 4.78 is 1.02. The number of carbonyl (C=O) groups excluding carboxylic acids is 2. The molecule has 1 aromatic rings. The van der Waals surface area contributed by atoms with Crippen molar-refractivity contribution in [2.75, 3.05) is 0 Å². The molecule has 0 heterocycles. The summed E-state index contributed by atoms with van der Waals surface area (Å²) >= 11 is 2.14. The Labute approximate surface area is 143 Å². The van der Waals surface area contributed by atoms with E-state index in [0.717, 1.165) is 22.8 Å². The number of unbranched alkanes of at least 4 members (excludes halogenated alkanes) is 3. The van der Waals surface area contributed by atoms with Gasteiger partial charge in [0.25, 0.3) is 0 Å². The molecule has 0 aliphatic heterocycles. The summed E-state index contributed by atoms with van der Waals surface area (Å²) in [6, 6.07) is 6.94. The highest BCUT2D eigenvalue weighted by Gasteiger charge is 2.15. The molecule has 1 N–H and O–H groups in total. The SMILES string of the molecule is C=C(CCCCCCC(=O)C(=O)c1ccc(I)cc1)C(=O)O. The lowest BCUT2D eigenvalue weighted by molar-refractivity contribution is -0.132. The van der Waals surface area contributed by atoms with Gasteiger partial charge in [-0.3, -0.25) is 9.59 Å². The summed E-state index contributed by atoms with van der Waals surface area (Å²) in [7, 11) is 0. The number of aliphatic carboxylic acids is 1. The highest BCUT2D eigenvalue weighted by Crippen LogP contribution is 2.12. The summed E-state index contributed by atoms with van der Waals surface area (Å²) in [5.74, 6) is -1.76. The predicted molar refractivity (Wildman–Crippen MR) is 93.0 cm³/mol. The maximum absolute atomic E-state index is 11.9. The zero-order valence-corrected chi connectivity index (χ0v) is 14.5. The fourth-order valence-electron chi connectivity index (χ4n) is 1.96. The lowest BCUT2D eigenvalue weighted by atomic mass is 10.0. The van der Waals surface area contributed by atoms with E-state index in [4.69, 9.17) is 5.11 Å². The van der Waals surface area contributed by atoms with Crippen LogP contribution in [-0.4, -0.2) is 22.6 Å². The second kappa shape index (κ2) is 9.50. The van der Waals surface area contributed by atoms with E-state index in [1.54, 1.807) is 24.3 Å². The minimum atomic E-state index is -0.960. The third-order valence-corrected chi connectivity index (χ3v) is 4.01. The van der Waals surface area contributed by atoms with Gasteiger partial charge in [0.15, 0.2) is 0 Å². The molecule has 0 aliphatic rings. The number of carboxylic acid groups (broad SMARTS) is 1. The lowest BCUT2D eigenvalue weighted by Crippen LogP contribution is -2.13. The van der Waals surface area contributed by atoms with Crippen molar-refractivity contribution < 1.29 is 19.5 Å². The first-order valence-corrected chi connectivity index (χ1v) is 8.24. The van der Waals surface area contributed by atoms with Crippen molar-refractivity contribution in [3.63, 3.8) is 0 Å². The Hall–Kier alpha value is -1.50. The number of carbonyl (C=O) groups is 3. The van der Waals surface area contributed by atoms with Gasteiger partial charge < -0.3 is 5.11 Å². The zero-order valence-electron chi connectivity index (χ0n) is 12.3. The number of ketones is 2. The molecule has 0 amide bonds. The largest absolute Gasteiger partial charge is 0.478 e. The van der Waals surface area contributed by atoms with Crippen LogP contribution in [-0.2, 0) is 9.59 Å². The van der Waals surface area contributed by atoms with Crippen molar-refractivity contribution in [1.82, 2.24) is 0 Å². The van der Waals surface area contributed by atoms with Gasteiger partial charge in [0.2, 0.25) is 11.6 Å². The Morgan fingerprint density at radius 2 is 1.50 bits per heavy atom. The van der Waals surface area contributed by atoms with Gasteiger partial charge in [-0.05, 0) is 66.1 Å². The molecule has 1 rings (SSSR count). The topological polar surface area (TPSA) is 71.4 Å². The van der Waals surface area contributed by atoms with Gasteiger partial charge in [0, 0.05) is 21.1 Å². The average molecular weight is 414 g/mol. The molecule has 0 aromatic heterocycles. The molecule has 5 heteroatoms. The molecule has 0 aliphatic carbocycles. The first-order chi connectivity index (χ1) is 10.4. The minimum absolute atomic E-state index is 0.213. The molecule has 4 nitrogen and oxygen atoms in total. The number of hydrogen-bond donors (Lipinski definition) is 1. The number of halogens is 1. The third kappa shape index (κ3) is 6.51. The van der Waals surface area contributed by atoms with E-state index in [1.807, 2.05) is 0 Å². The third-order valence-electron chi connectivity index (χ3n) is 3.29. The van der Waals surface area contributed by atoms with Crippen molar-refractivity contribution in [3.8, 4) is 0 Å². The Bertz CT molecular complexity index is 561. The highest BCUT2D eigenvalue weighted by atomic mass is 127. The summed E-state index contributed by atoms with van der Waals surface area (Å²) in [6.07, 6.45) is 3.73. The lowest BCUT2D eigenvalue weighted by Gasteiger charge is -2.02. The van der Waals surface area contributed by atoms with Gasteiger partial charge in [-0.2, -0.15) is 0 Å². The number of benzene rings is 1. The molecule has 0 saturated heterocycles. The first kappa shape index (κ1) is 18.5. The summed E-state index contributed by atoms with van der Waals surface area (Å²) in [5.41, 5.74) is 0.646.